The van der Waals surface area contributed by atoms with Gasteiger partial charge in [0.15, 0.2) is 0 Å². The number of anilines is 5. The topological polar surface area (TPSA) is 16.3 Å². The van der Waals surface area contributed by atoms with Crippen LogP contribution in [0.3, 0.4) is 0 Å². The van der Waals surface area contributed by atoms with Crippen LogP contribution in [0.5, 0.6) is 0 Å². The zero-order valence-corrected chi connectivity index (χ0v) is 49.4. The van der Waals surface area contributed by atoms with Crippen molar-refractivity contribution >= 4 is 95.1 Å². The molecule has 0 fully saturated rings. The molecule has 4 nitrogen and oxygen atoms in total. The van der Waals surface area contributed by atoms with E-state index in [9.17, 15) is 11.0 Å². The van der Waals surface area contributed by atoms with E-state index in [0.29, 0.717) is 62.6 Å². The molecule has 0 amide bonds. The second-order valence-corrected chi connectivity index (χ2v) is 25.4. The largest absolute Gasteiger partial charge is 0.334 e. The first-order valence-electron chi connectivity index (χ1n) is 39.0. The molecule has 0 bridgehead atoms. The fourth-order valence-electron chi connectivity index (χ4n) is 15.5. The molecule has 89 heavy (non-hydrogen) atoms. The third kappa shape index (κ3) is 8.66. The molecule has 7 heteroatoms. The first-order valence-corrected chi connectivity index (χ1v) is 31.0. The van der Waals surface area contributed by atoms with E-state index in [1.165, 1.54) is 21.3 Å². The Morgan fingerprint density at radius 3 is 1.63 bits per heavy atom. The van der Waals surface area contributed by atoms with Crippen LogP contribution in [0.15, 0.2) is 253 Å². The maximum absolute atomic E-state index is 17.6. The monoisotopic (exact) mass is 1170 g/mol. The number of aromatic nitrogens is 2. The third-order valence-electron chi connectivity index (χ3n) is 19.4. The molecule has 4 heterocycles. The van der Waals surface area contributed by atoms with Crippen molar-refractivity contribution in [3.63, 3.8) is 0 Å². The van der Waals surface area contributed by atoms with Crippen molar-refractivity contribution in [3.05, 3.63) is 265 Å². The summed E-state index contributed by atoms with van der Waals surface area (Å²) in [5.41, 5.74) is 10.2. The minimum atomic E-state index is -1.31. The minimum absolute atomic E-state index is 0.0607. The average Bonchev–Trinajstić information content (AvgIpc) is 1.69. The van der Waals surface area contributed by atoms with E-state index in [2.05, 4.69) is 60.9 Å². The van der Waals surface area contributed by atoms with E-state index < -0.39 is 133 Å². The van der Waals surface area contributed by atoms with Gasteiger partial charge < -0.3 is 18.9 Å². The maximum atomic E-state index is 17.6. The number of alkyl halides is 1. The SMILES string of the molecule is [2H]c1c([2H])c([2H])c2c(c1[2H])c1c([2H])c([2H])c([2H])c([2H])c1n2-c1ccc2c(c1)N(c1c(-c3ccccc3)cc(F)cc1-c1ccccc1)c1cc(C(C)(C)C)cc3c1B2c1ccc(-n2c4c([2H])c([2H])c([2H])c([2H])c4c4c([2H])c([2H])c([2H])c([2H])c42)cc1N3C1C(C2CC=CCC2)=CC(F)CC1C1=CCCCC1. The fraction of sp³-hybridized carbons (Fsp3) is 0.195. The summed E-state index contributed by atoms with van der Waals surface area (Å²) in [6.45, 7) is 5.60. The highest BCUT2D eigenvalue weighted by Gasteiger charge is 2.50. The van der Waals surface area contributed by atoms with Gasteiger partial charge >= 0.3 is 0 Å². The van der Waals surface area contributed by atoms with Crippen molar-refractivity contribution in [1.29, 1.82) is 0 Å². The molecule has 2 aliphatic heterocycles. The molecule has 0 radical (unpaired) electrons. The zero-order valence-electron chi connectivity index (χ0n) is 65.4. The van der Waals surface area contributed by atoms with Crippen LogP contribution in [0.1, 0.15) is 99.6 Å². The number of allylic oxidation sites excluding steroid dienone is 4. The first kappa shape index (κ1) is 39.4. The summed E-state index contributed by atoms with van der Waals surface area (Å²) in [5.74, 6) is -1.04. The van der Waals surface area contributed by atoms with Crippen LogP contribution in [0.4, 0.5) is 37.2 Å². The molecule has 12 aromatic rings. The predicted octanol–water partition coefficient (Wildman–Crippen LogP) is 19.9. The van der Waals surface area contributed by atoms with E-state index in [1.807, 2.05) is 97.1 Å². The van der Waals surface area contributed by atoms with Crippen molar-refractivity contribution in [2.75, 3.05) is 9.80 Å². The number of nitrogens with zero attached hydrogens (tertiary/aromatic N) is 4. The van der Waals surface area contributed by atoms with Crippen LogP contribution < -0.4 is 26.2 Å². The Hall–Kier alpha value is -9.46. The highest BCUT2D eigenvalue weighted by atomic mass is 19.1. The number of hydrogen-bond donors (Lipinski definition) is 0. The van der Waals surface area contributed by atoms with Gasteiger partial charge in [-0.2, -0.15) is 0 Å². The Balaban J connectivity index is 1.07. The predicted molar refractivity (Wildman–Crippen MR) is 370 cm³/mol. The van der Waals surface area contributed by atoms with Gasteiger partial charge in [0.25, 0.3) is 6.71 Å². The van der Waals surface area contributed by atoms with Crippen LogP contribution in [-0.2, 0) is 5.41 Å². The lowest BCUT2D eigenvalue weighted by molar-refractivity contribution is 0.280. The van der Waals surface area contributed by atoms with Gasteiger partial charge in [-0.05, 0) is 180 Å². The van der Waals surface area contributed by atoms with Gasteiger partial charge in [0, 0.05) is 72.7 Å². The third-order valence-corrected chi connectivity index (χ3v) is 19.4. The zero-order chi connectivity index (χ0) is 73.6. The average molecular weight is 1180 g/mol. The van der Waals surface area contributed by atoms with E-state index in [0.717, 1.165) is 71.8 Å². The molecule has 4 unspecified atom stereocenters. The van der Waals surface area contributed by atoms with Crippen molar-refractivity contribution < 1.29 is 30.7 Å². The lowest BCUT2D eigenvalue weighted by Gasteiger charge is -2.52. The number of halogens is 2. The molecule has 0 spiro atoms. The van der Waals surface area contributed by atoms with Gasteiger partial charge in [-0.15, -0.1) is 0 Å². The molecule has 2 aromatic heterocycles. The molecule has 5 aliphatic rings. The summed E-state index contributed by atoms with van der Waals surface area (Å²) in [7, 11) is 0. The molecule has 0 saturated carbocycles. The number of para-hydroxylation sites is 4. The summed E-state index contributed by atoms with van der Waals surface area (Å²) in [4.78, 5) is 4.54. The van der Waals surface area contributed by atoms with Gasteiger partial charge in [-0.25, -0.2) is 8.78 Å². The molecular formula is C82H69BF2N4. The van der Waals surface area contributed by atoms with E-state index >= 15 is 8.78 Å². The fourth-order valence-corrected chi connectivity index (χ4v) is 15.5. The van der Waals surface area contributed by atoms with Crippen molar-refractivity contribution in [2.24, 2.45) is 11.8 Å². The Bertz CT molecular complexity index is 5690. The van der Waals surface area contributed by atoms with Gasteiger partial charge in [0.05, 0.1) is 55.7 Å². The van der Waals surface area contributed by atoms with Crippen molar-refractivity contribution in [1.82, 2.24) is 9.13 Å². The van der Waals surface area contributed by atoms with E-state index in [4.69, 9.17) is 11.0 Å². The highest BCUT2D eigenvalue weighted by molar-refractivity contribution is 7.00. The summed E-state index contributed by atoms with van der Waals surface area (Å²) in [5, 5.41) is -0.375. The number of hydrogen-bond acceptors (Lipinski definition) is 2. The Labute approximate surface area is 542 Å². The number of benzene rings is 10. The number of fused-ring (bicyclic) bond motifs is 10. The molecule has 10 aromatic carbocycles. The minimum Gasteiger partial charge on any atom is -0.334 e. The lowest BCUT2D eigenvalue weighted by atomic mass is 9.33. The molecular weight excluding hydrogens is 1090 g/mol. The normalized spacial score (nSPS) is 21.5. The maximum Gasteiger partial charge on any atom is 0.252 e. The molecule has 17 rings (SSSR count). The molecule has 0 N–H and O–H groups in total. The standard InChI is InChI=1S/C82H69BF2N4/c1-82(2,3)56-44-77-79-78(45-56)89(81-67(54-28-12-6-13-29-54)48-58(85)49-68(81)55-30-14-7-15-31-55)76-51-60(87-73-38-22-18-34-63(73)64-35-19-23-39-74(64)87)41-43-70(76)83(79)69-42-40-59(86-71-36-20-16-32-61(71)62-33-17-21-37-72(62)86)50-75(69)88(77)80-65(52-24-8-4-9-25-52)46-57(84)47-66(80)53-26-10-5-11-27-53/h4-6,8-12,16-27,30,32-48,50-51,54,58,68,81H,7,13-15,28-29,31,49H2,1-3H3/i16D,17D,18D,19D,20D,21D,22D,23D,32D,33D,34D,35D,36D,37D,38D,39D. The van der Waals surface area contributed by atoms with Crippen LogP contribution in [0.2, 0.25) is 0 Å². The van der Waals surface area contributed by atoms with Gasteiger partial charge in [-0.3, -0.25) is 0 Å². The van der Waals surface area contributed by atoms with E-state index in [-0.39, 0.29) is 61.6 Å². The quantitative estimate of drug-likeness (QED) is 0.111. The Kier molecular flexibility index (Phi) is 9.36. The van der Waals surface area contributed by atoms with Crippen LogP contribution >= 0.6 is 0 Å². The van der Waals surface area contributed by atoms with Crippen molar-refractivity contribution in [3.8, 4) is 33.6 Å². The Morgan fingerprint density at radius 1 is 0.562 bits per heavy atom. The van der Waals surface area contributed by atoms with Gasteiger partial charge in [0.1, 0.15) is 12.0 Å². The van der Waals surface area contributed by atoms with Gasteiger partial charge in [-0.1, -0.05) is 190 Å². The Morgan fingerprint density at radius 2 is 1.10 bits per heavy atom. The van der Waals surface area contributed by atoms with Crippen LogP contribution in [0.25, 0.3) is 77.2 Å². The summed E-state index contributed by atoms with van der Waals surface area (Å²) in [6.07, 6.45) is 12.9. The summed E-state index contributed by atoms with van der Waals surface area (Å²) in [6, 6.07) is 28.8. The smallest absolute Gasteiger partial charge is 0.252 e. The van der Waals surface area contributed by atoms with Crippen LogP contribution in [-0.4, -0.2) is 28.1 Å². The number of rotatable bonds is 8. The molecule has 4 atom stereocenters. The van der Waals surface area contributed by atoms with Crippen LogP contribution in [0, 0.1) is 17.7 Å². The summed E-state index contributed by atoms with van der Waals surface area (Å²) >= 11 is 0. The molecule has 0 saturated heterocycles. The highest BCUT2D eigenvalue weighted by Crippen LogP contribution is 2.54. The van der Waals surface area contributed by atoms with Crippen molar-refractivity contribution in [2.45, 2.75) is 89.8 Å². The second-order valence-electron chi connectivity index (χ2n) is 25.4. The molecule has 3 aliphatic carbocycles. The van der Waals surface area contributed by atoms with Gasteiger partial charge in [0.2, 0.25) is 0 Å². The summed E-state index contributed by atoms with van der Waals surface area (Å²) < 4.78 is 187. The van der Waals surface area contributed by atoms with E-state index in [1.54, 1.807) is 6.07 Å². The first-order chi connectivity index (χ1) is 50.3. The second kappa shape index (κ2) is 21.1. The lowest BCUT2D eigenvalue weighted by Crippen LogP contribution is -2.64. The molecule has 434 valence electrons.